The first-order valence-corrected chi connectivity index (χ1v) is 23.9. The van der Waals surface area contributed by atoms with Crippen LogP contribution in [0.1, 0.15) is 43.0 Å². The average molecular weight is 895 g/mol. The predicted molar refractivity (Wildman–Crippen MR) is 285 cm³/mol. The van der Waals surface area contributed by atoms with Gasteiger partial charge in [0, 0.05) is 56.0 Å². The van der Waals surface area contributed by atoms with E-state index in [2.05, 4.69) is 191 Å². The van der Waals surface area contributed by atoms with Crippen molar-refractivity contribution >= 4 is 101 Å². The maximum atomic E-state index is 6.45. The Morgan fingerprint density at radius 1 is 0.449 bits per heavy atom. The highest BCUT2D eigenvalue weighted by atomic mass is 16.7. The molecule has 0 radical (unpaired) electrons. The molecule has 0 fully saturated rings. The van der Waals surface area contributed by atoms with E-state index in [1.54, 1.807) is 0 Å². The van der Waals surface area contributed by atoms with Gasteiger partial charge in [0.05, 0.1) is 5.69 Å². The van der Waals surface area contributed by atoms with E-state index >= 15 is 0 Å². The molecule has 14 rings (SSSR count). The number of fused-ring (bicyclic) bond motifs is 11. The molecule has 7 heteroatoms. The number of aryl methyl sites for hydroxylation is 3. The second-order valence-electron chi connectivity index (χ2n) is 20.2. The van der Waals surface area contributed by atoms with E-state index in [9.17, 15) is 0 Å². The van der Waals surface area contributed by atoms with Crippen LogP contribution in [0.3, 0.4) is 0 Å². The van der Waals surface area contributed by atoms with Gasteiger partial charge in [-0.1, -0.05) is 106 Å². The Morgan fingerprint density at radius 3 is 1.61 bits per heavy atom. The molecule has 0 spiro atoms. The van der Waals surface area contributed by atoms with E-state index in [0.717, 1.165) is 106 Å². The van der Waals surface area contributed by atoms with Crippen molar-refractivity contribution in [1.82, 2.24) is 0 Å². The SMILES string of the molecule is Cc1cc2c3c(c1)N(c1c(C)cc(C(C)(C)C)cc1C)c1cc4c(cc1B3c1cc(-c3ccc5c(c3)oc3ccccc35)ccc1N2c1ccc(-c2ccc3c(c2)oc2ccccc23)cc1)OCO4. The Bertz CT molecular complexity index is 3960. The summed E-state index contributed by atoms with van der Waals surface area (Å²) in [7, 11) is 0. The summed E-state index contributed by atoms with van der Waals surface area (Å²) in [5.41, 5.74) is 23.4. The minimum absolute atomic E-state index is 0.0000332. The van der Waals surface area contributed by atoms with Crippen LogP contribution < -0.4 is 35.7 Å². The number of anilines is 6. The van der Waals surface area contributed by atoms with Gasteiger partial charge in [-0.3, -0.25) is 0 Å². The van der Waals surface area contributed by atoms with E-state index in [4.69, 9.17) is 18.3 Å². The number of rotatable bonds is 4. The van der Waals surface area contributed by atoms with Crippen molar-refractivity contribution in [3.63, 3.8) is 0 Å². The summed E-state index contributed by atoms with van der Waals surface area (Å²) in [6.07, 6.45) is 0. The monoisotopic (exact) mass is 894 g/mol. The van der Waals surface area contributed by atoms with Crippen LogP contribution in [0.4, 0.5) is 34.1 Å². The Kier molecular flexibility index (Phi) is 8.36. The summed E-state index contributed by atoms with van der Waals surface area (Å²) in [6, 6.07) is 59.7. The van der Waals surface area contributed by atoms with Crippen LogP contribution in [0.15, 0.2) is 173 Å². The first kappa shape index (κ1) is 40.0. The van der Waals surface area contributed by atoms with Gasteiger partial charge < -0.3 is 28.1 Å². The molecule has 69 heavy (non-hydrogen) atoms. The lowest BCUT2D eigenvalue weighted by molar-refractivity contribution is 0.174. The number of benzene rings is 9. The van der Waals surface area contributed by atoms with Gasteiger partial charge >= 0.3 is 0 Å². The molecule has 0 saturated carbocycles. The van der Waals surface area contributed by atoms with Crippen molar-refractivity contribution in [2.75, 3.05) is 16.6 Å². The molecule has 0 atom stereocenters. The highest BCUT2D eigenvalue weighted by Gasteiger charge is 2.45. The third kappa shape index (κ3) is 5.99. The van der Waals surface area contributed by atoms with Crippen molar-refractivity contribution in [2.24, 2.45) is 0 Å². The van der Waals surface area contributed by atoms with Crippen LogP contribution in [0.25, 0.3) is 66.1 Å². The number of para-hydroxylation sites is 2. The molecule has 332 valence electrons. The van der Waals surface area contributed by atoms with Gasteiger partial charge in [-0.25, -0.2) is 0 Å². The van der Waals surface area contributed by atoms with Gasteiger partial charge in [0.25, 0.3) is 6.71 Å². The van der Waals surface area contributed by atoms with Crippen molar-refractivity contribution in [3.8, 4) is 33.8 Å². The molecule has 3 aliphatic rings. The lowest BCUT2D eigenvalue weighted by Gasteiger charge is -2.45. The summed E-state index contributed by atoms with van der Waals surface area (Å²) in [5.74, 6) is 1.54. The highest BCUT2D eigenvalue weighted by molar-refractivity contribution is 7.00. The van der Waals surface area contributed by atoms with Gasteiger partial charge in [0.1, 0.15) is 22.3 Å². The van der Waals surface area contributed by atoms with E-state index < -0.39 is 0 Å². The molecule has 11 aromatic rings. The maximum absolute atomic E-state index is 6.45. The van der Waals surface area contributed by atoms with E-state index in [0.29, 0.717) is 0 Å². The Morgan fingerprint density at radius 2 is 0.971 bits per heavy atom. The molecule has 6 nitrogen and oxygen atoms in total. The fraction of sp³-hybridized carbons (Fsp3) is 0.129. The number of nitrogens with zero attached hydrogens (tertiary/aromatic N) is 2. The topological polar surface area (TPSA) is 51.2 Å². The highest BCUT2D eigenvalue weighted by Crippen LogP contribution is 2.50. The third-order valence-corrected chi connectivity index (χ3v) is 14.8. The molecule has 0 aliphatic carbocycles. The lowest BCUT2D eigenvalue weighted by Crippen LogP contribution is -2.61. The van der Waals surface area contributed by atoms with E-state index in [1.807, 2.05) is 24.3 Å². The molecule has 2 aromatic heterocycles. The molecule has 0 saturated heterocycles. The fourth-order valence-corrected chi connectivity index (χ4v) is 11.6. The fourth-order valence-electron chi connectivity index (χ4n) is 11.6. The predicted octanol–water partition coefficient (Wildman–Crippen LogP) is 14.9. The summed E-state index contributed by atoms with van der Waals surface area (Å²) < 4.78 is 25.2. The molecule has 0 N–H and O–H groups in total. The zero-order valence-corrected chi connectivity index (χ0v) is 39.4. The molecule has 5 heterocycles. The standard InChI is InChI=1S/C62H47BN2O4/c1-35-25-52-60-53(26-35)65(61-36(2)27-42(28-37(61)3)62(4,5)6)51-33-59-58(66-34-67-59)32-49(51)63(60)48-29-39(41-18-23-47-45-12-8-10-14-55(45)69-57(47)31-41)19-24-50(48)64(52)43-20-15-38(16-21-43)40-17-22-46-44-11-7-9-13-54(44)68-56(46)30-40/h7-33H,34H2,1-6H3. The summed E-state index contributed by atoms with van der Waals surface area (Å²) in [4.78, 5) is 4.99. The summed E-state index contributed by atoms with van der Waals surface area (Å²) in [5, 5.41) is 4.50. The summed E-state index contributed by atoms with van der Waals surface area (Å²) in [6.45, 7) is 13.7. The Labute approximate surface area is 401 Å². The average Bonchev–Trinajstić information content (AvgIpc) is 4.08. The van der Waals surface area contributed by atoms with Crippen molar-refractivity contribution < 1.29 is 18.3 Å². The lowest BCUT2D eigenvalue weighted by atomic mass is 9.33. The van der Waals surface area contributed by atoms with Gasteiger partial charge in [-0.15, -0.1) is 0 Å². The minimum atomic E-state index is -0.123. The molecule has 9 aromatic carbocycles. The molecule has 0 unspecified atom stereocenters. The van der Waals surface area contributed by atoms with Crippen LogP contribution in [-0.4, -0.2) is 13.5 Å². The maximum Gasteiger partial charge on any atom is 0.252 e. The molecule has 3 aliphatic heterocycles. The summed E-state index contributed by atoms with van der Waals surface area (Å²) >= 11 is 0. The van der Waals surface area contributed by atoms with Crippen molar-refractivity contribution in [3.05, 3.63) is 186 Å². The molecule has 0 amide bonds. The first-order valence-electron chi connectivity index (χ1n) is 23.9. The number of furan rings is 2. The Balaban J connectivity index is 0.992. The Hall–Kier alpha value is -8.16. The van der Waals surface area contributed by atoms with E-state index in [-0.39, 0.29) is 18.9 Å². The molecule has 0 bridgehead atoms. The first-order chi connectivity index (χ1) is 33.5. The normalized spacial score (nSPS) is 13.7. The second-order valence-corrected chi connectivity index (χ2v) is 20.2. The van der Waals surface area contributed by atoms with Crippen molar-refractivity contribution in [2.45, 2.75) is 47.0 Å². The number of hydrogen-bond donors (Lipinski definition) is 0. The van der Waals surface area contributed by atoms with Crippen LogP contribution in [0.5, 0.6) is 11.5 Å². The van der Waals surface area contributed by atoms with Gasteiger partial charge in [-0.05, 0) is 160 Å². The zero-order valence-electron chi connectivity index (χ0n) is 39.4. The van der Waals surface area contributed by atoms with E-state index in [1.165, 1.54) is 44.3 Å². The smallest absolute Gasteiger partial charge is 0.252 e. The molecular formula is C62H47BN2O4. The number of hydrogen-bond acceptors (Lipinski definition) is 6. The van der Waals surface area contributed by atoms with Crippen LogP contribution in [0.2, 0.25) is 0 Å². The largest absolute Gasteiger partial charge is 0.456 e. The van der Waals surface area contributed by atoms with Crippen LogP contribution in [-0.2, 0) is 5.41 Å². The van der Waals surface area contributed by atoms with Gasteiger partial charge in [0.15, 0.2) is 11.5 Å². The number of ether oxygens (including phenoxy) is 2. The minimum Gasteiger partial charge on any atom is -0.456 e. The van der Waals surface area contributed by atoms with Gasteiger partial charge in [-0.2, -0.15) is 0 Å². The third-order valence-electron chi connectivity index (χ3n) is 14.8. The van der Waals surface area contributed by atoms with Crippen LogP contribution in [0, 0.1) is 20.8 Å². The zero-order chi connectivity index (χ0) is 46.4. The quantitative estimate of drug-likeness (QED) is 0.164. The molecular weight excluding hydrogens is 848 g/mol. The van der Waals surface area contributed by atoms with Crippen molar-refractivity contribution in [1.29, 1.82) is 0 Å². The van der Waals surface area contributed by atoms with Crippen LogP contribution >= 0.6 is 0 Å². The van der Waals surface area contributed by atoms with Gasteiger partial charge in [0.2, 0.25) is 6.79 Å². The second kappa shape index (κ2) is 14.4.